The average molecular weight is 173 g/mol. The number of imidazole rings is 1. The standard InChI is InChI=1S/C7H9ClN2O/c1-10-5-9-7(8)6(10)3-2-4-11/h2-3,5,11H,4H2,1H3/b3-2+. The van der Waals surface area contributed by atoms with Crippen LogP contribution in [-0.4, -0.2) is 21.3 Å². The van der Waals surface area contributed by atoms with Crippen LogP contribution in [0.15, 0.2) is 12.4 Å². The summed E-state index contributed by atoms with van der Waals surface area (Å²) in [5.74, 6) is 0. The first-order chi connectivity index (χ1) is 5.25. The molecule has 1 aromatic heterocycles. The number of aromatic nitrogens is 2. The molecule has 0 spiro atoms. The molecule has 1 rings (SSSR count). The van der Waals surface area contributed by atoms with Crippen LogP contribution in [0.25, 0.3) is 6.08 Å². The summed E-state index contributed by atoms with van der Waals surface area (Å²) in [6, 6.07) is 0. The zero-order valence-electron chi connectivity index (χ0n) is 6.16. The number of aryl methyl sites for hydroxylation is 1. The van der Waals surface area contributed by atoms with E-state index in [0.717, 1.165) is 5.69 Å². The second-order valence-electron chi connectivity index (χ2n) is 2.12. The first-order valence-corrected chi connectivity index (χ1v) is 3.57. The van der Waals surface area contributed by atoms with Crippen LogP contribution in [0.2, 0.25) is 5.15 Å². The minimum Gasteiger partial charge on any atom is -0.392 e. The van der Waals surface area contributed by atoms with Gasteiger partial charge < -0.3 is 9.67 Å². The molecule has 0 unspecified atom stereocenters. The zero-order chi connectivity index (χ0) is 8.27. The molecule has 60 valence electrons. The Morgan fingerprint density at radius 3 is 3.00 bits per heavy atom. The smallest absolute Gasteiger partial charge is 0.154 e. The van der Waals surface area contributed by atoms with Crippen LogP contribution < -0.4 is 0 Å². The number of nitrogens with zero attached hydrogens (tertiary/aromatic N) is 2. The molecule has 0 saturated carbocycles. The predicted octanol–water partition coefficient (Wildman–Crippen LogP) is 1.08. The zero-order valence-corrected chi connectivity index (χ0v) is 6.91. The lowest BCUT2D eigenvalue weighted by Gasteiger charge is -1.93. The first-order valence-electron chi connectivity index (χ1n) is 3.20. The van der Waals surface area contributed by atoms with Gasteiger partial charge in [-0.3, -0.25) is 0 Å². The Kier molecular flexibility index (Phi) is 2.68. The Balaban J connectivity index is 2.92. The molecule has 4 heteroatoms. The number of aliphatic hydroxyl groups is 1. The lowest BCUT2D eigenvalue weighted by atomic mass is 10.4. The van der Waals surface area contributed by atoms with Crippen LogP contribution in [0.3, 0.4) is 0 Å². The lowest BCUT2D eigenvalue weighted by Crippen LogP contribution is -1.88. The second-order valence-corrected chi connectivity index (χ2v) is 2.47. The molecule has 0 aliphatic heterocycles. The van der Waals surface area contributed by atoms with Crippen molar-refractivity contribution in [2.24, 2.45) is 7.05 Å². The fourth-order valence-corrected chi connectivity index (χ4v) is 1.00. The second kappa shape index (κ2) is 3.55. The summed E-state index contributed by atoms with van der Waals surface area (Å²) in [7, 11) is 1.84. The molecular weight excluding hydrogens is 164 g/mol. The maximum absolute atomic E-state index is 8.49. The van der Waals surface area contributed by atoms with Crippen molar-refractivity contribution in [3.05, 3.63) is 23.3 Å². The van der Waals surface area contributed by atoms with Crippen molar-refractivity contribution in [2.45, 2.75) is 0 Å². The quantitative estimate of drug-likeness (QED) is 0.725. The summed E-state index contributed by atoms with van der Waals surface area (Å²) in [6.45, 7) is 0.0154. The van der Waals surface area contributed by atoms with Gasteiger partial charge in [0.1, 0.15) is 0 Å². The van der Waals surface area contributed by atoms with Crippen molar-refractivity contribution in [3.63, 3.8) is 0 Å². The van der Waals surface area contributed by atoms with Crippen molar-refractivity contribution in [2.75, 3.05) is 6.61 Å². The number of aliphatic hydroxyl groups excluding tert-OH is 1. The highest BCUT2D eigenvalue weighted by Crippen LogP contribution is 2.13. The molecule has 1 aromatic rings. The molecule has 0 atom stereocenters. The molecule has 1 N–H and O–H groups in total. The van der Waals surface area contributed by atoms with Gasteiger partial charge in [-0.25, -0.2) is 4.98 Å². The minimum atomic E-state index is 0.0154. The van der Waals surface area contributed by atoms with Gasteiger partial charge in [-0.15, -0.1) is 0 Å². The van der Waals surface area contributed by atoms with E-state index in [1.807, 2.05) is 7.05 Å². The average Bonchev–Trinajstić information content (AvgIpc) is 2.29. The van der Waals surface area contributed by atoms with Crippen LogP contribution in [0.5, 0.6) is 0 Å². The number of rotatable bonds is 2. The van der Waals surface area contributed by atoms with Gasteiger partial charge in [0.25, 0.3) is 0 Å². The maximum Gasteiger partial charge on any atom is 0.154 e. The summed E-state index contributed by atoms with van der Waals surface area (Å²) in [6.07, 6.45) is 4.97. The van der Waals surface area contributed by atoms with Crippen molar-refractivity contribution in [1.82, 2.24) is 9.55 Å². The summed E-state index contributed by atoms with van der Waals surface area (Å²) >= 11 is 5.72. The summed E-state index contributed by atoms with van der Waals surface area (Å²) < 4.78 is 1.79. The van der Waals surface area contributed by atoms with Crippen molar-refractivity contribution in [3.8, 4) is 0 Å². The molecule has 3 nitrogen and oxygen atoms in total. The first kappa shape index (κ1) is 8.30. The van der Waals surface area contributed by atoms with Crippen molar-refractivity contribution < 1.29 is 5.11 Å². The van der Waals surface area contributed by atoms with Gasteiger partial charge in [0, 0.05) is 7.05 Å². The van der Waals surface area contributed by atoms with Crippen molar-refractivity contribution in [1.29, 1.82) is 0 Å². The van der Waals surface area contributed by atoms with Crippen LogP contribution in [0.4, 0.5) is 0 Å². The fraction of sp³-hybridized carbons (Fsp3) is 0.286. The van der Waals surface area contributed by atoms with E-state index in [0.29, 0.717) is 5.15 Å². The van der Waals surface area contributed by atoms with E-state index >= 15 is 0 Å². The highest BCUT2D eigenvalue weighted by Gasteiger charge is 2.00. The van der Waals surface area contributed by atoms with Gasteiger partial charge >= 0.3 is 0 Å². The topological polar surface area (TPSA) is 38.0 Å². The molecule has 1 heterocycles. The number of halogens is 1. The van der Waals surface area contributed by atoms with Gasteiger partial charge in [-0.1, -0.05) is 17.7 Å². The van der Waals surface area contributed by atoms with E-state index in [9.17, 15) is 0 Å². The summed E-state index contributed by atoms with van der Waals surface area (Å²) in [5, 5.41) is 8.94. The molecule has 11 heavy (non-hydrogen) atoms. The normalized spacial score (nSPS) is 11.2. The molecule has 0 aliphatic rings. The van der Waals surface area contributed by atoms with Gasteiger partial charge in [0.2, 0.25) is 0 Å². The van der Waals surface area contributed by atoms with E-state index in [4.69, 9.17) is 16.7 Å². The third-order valence-corrected chi connectivity index (χ3v) is 1.61. The van der Waals surface area contributed by atoms with Crippen molar-refractivity contribution >= 4 is 17.7 Å². The van der Waals surface area contributed by atoms with E-state index in [-0.39, 0.29) is 6.61 Å². The molecule has 0 aliphatic carbocycles. The molecule has 0 fully saturated rings. The van der Waals surface area contributed by atoms with E-state index in [1.165, 1.54) is 0 Å². The maximum atomic E-state index is 8.49. The minimum absolute atomic E-state index is 0.0154. The largest absolute Gasteiger partial charge is 0.392 e. The third-order valence-electron chi connectivity index (χ3n) is 1.32. The molecule has 0 saturated heterocycles. The van der Waals surface area contributed by atoms with E-state index < -0.39 is 0 Å². The Hall–Kier alpha value is -0.800. The molecule has 0 radical (unpaired) electrons. The summed E-state index contributed by atoms with van der Waals surface area (Å²) in [5.41, 5.74) is 0.806. The van der Waals surface area contributed by atoms with Gasteiger partial charge in [-0.2, -0.15) is 0 Å². The Labute approximate surface area is 69.9 Å². The van der Waals surface area contributed by atoms with Crippen LogP contribution in [-0.2, 0) is 7.05 Å². The highest BCUT2D eigenvalue weighted by atomic mass is 35.5. The highest BCUT2D eigenvalue weighted by molar-refractivity contribution is 6.30. The fourth-order valence-electron chi connectivity index (χ4n) is 0.762. The lowest BCUT2D eigenvalue weighted by molar-refractivity contribution is 0.343. The third kappa shape index (κ3) is 1.82. The van der Waals surface area contributed by atoms with E-state index in [2.05, 4.69) is 4.98 Å². The molecular formula is C7H9ClN2O. The van der Waals surface area contributed by atoms with Crippen LogP contribution in [0.1, 0.15) is 5.69 Å². The molecule has 0 aromatic carbocycles. The van der Waals surface area contributed by atoms with Crippen LogP contribution >= 0.6 is 11.6 Å². The van der Waals surface area contributed by atoms with Gasteiger partial charge in [0.05, 0.1) is 18.6 Å². The number of hydrogen-bond acceptors (Lipinski definition) is 2. The Morgan fingerprint density at radius 1 is 1.82 bits per heavy atom. The van der Waals surface area contributed by atoms with Gasteiger partial charge in [-0.05, 0) is 6.08 Å². The Morgan fingerprint density at radius 2 is 2.55 bits per heavy atom. The monoisotopic (exact) mass is 172 g/mol. The summed E-state index contributed by atoms with van der Waals surface area (Å²) in [4.78, 5) is 3.86. The van der Waals surface area contributed by atoms with Crippen LogP contribution in [0, 0.1) is 0 Å². The number of hydrogen-bond donors (Lipinski definition) is 1. The SMILES string of the molecule is Cn1cnc(Cl)c1/C=C/CO. The molecule has 0 bridgehead atoms. The Bertz CT molecular complexity index is 248. The predicted molar refractivity (Wildman–Crippen MR) is 44.3 cm³/mol. The van der Waals surface area contributed by atoms with Gasteiger partial charge in [0.15, 0.2) is 5.15 Å². The molecule has 0 amide bonds. The van der Waals surface area contributed by atoms with E-state index in [1.54, 1.807) is 23.0 Å².